The summed E-state index contributed by atoms with van der Waals surface area (Å²) in [5.74, 6) is -0.0977. The molecule has 2 unspecified atom stereocenters. The summed E-state index contributed by atoms with van der Waals surface area (Å²) in [6.07, 6.45) is 5.59. The van der Waals surface area contributed by atoms with Crippen LogP contribution in [0.4, 0.5) is 5.69 Å². The molecule has 0 saturated heterocycles. The van der Waals surface area contributed by atoms with E-state index in [1.165, 1.54) is 31.4 Å². The number of nitro groups is 1. The van der Waals surface area contributed by atoms with Crippen LogP contribution in [0.2, 0.25) is 0 Å². The molecular formula is C23H32N2O6. The largest absolute Gasteiger partial charge is 0.469 e. The maximum atomic E-state index is 13.0. The fourth-order valence-corrected chi connectivity index (χ4v) is 3.80. The van der Waals surface area contributed by atoms with Crippen LogP contribution in [0.25, 0.3) is 0 Å². The minimum Gasteiger partial charge on any atom is -0.469 e. The Balaban J connectivity index is 2.45. The van der Waals surface area contributed by atoms with E-state index in [2.05, 4.69) is 0 Å². The molecule has 2 atom stereocenters. The maximum absolute atomic E-state index is 13.0. The number of nitro benzene ring substituents is 1. The first-order chi connectivity index (χ1) is 14.9. The number of ether oxygens (including phenoxy) is 2. The molecule has 0 fully saturated rings. The van der Waals surface area contributed by atoms with E-state index in [4.69, 9.17) is 9.47 Å². The molecule has 31 heavy (non-hydrogen) atoms. The first-order valence-corrected chi connectivity index (χ1v) is 10.7. The Labute approximate surface area is 182 Å². The monoisotopic (exact) mass is 432 g/mol. The molecule has 8 heteroatoms. The van der Waals surface area contributed by atoms with Crippen LogP contribution >= 0.6 is 0 Å². The van der Waals surface area contributed by atoms with Crippen molar-refractivity contribution in [3.63, 3.8) is 0 Å². The van der Waals surface area contributed by atoms with E-state index >= 15 is 0 Å². The zero-order chi connectivity index (χ0) is 22.9. The van der Waals surface area contributed by atoms with Gasteiger partial charge in [0.15, 0.2) is 0 Å². The normalized spacial score (nSPS) is 13.4. The summed E-state index contributed by atoms with van der Waals surface area (Å²) in [4.78, 5) is 23.5. The average Bonchev–Trinajstić information content (AvgIpc) is 3.32. The van der Waals surface area contributed by atoms with Gasteiger partial charge in [-0.1, -0.05) is 39.5 Å². The number of carbonyl (C=O) groups excluding carboxylic acids is 1. The lowest BCUT2D eigenvalue weighted by atomic mass is 9.72. The lowest BCUT2D eigenvalue weighted by Gasteiger charge is -2.39. The fraction of sp³-hybridized carbons (Fsp3) is 0.522. The van der Waals surface area contributed by atoms with Gasteiger partial charge in [-0.05, 0) is 37.1 Å². The molecule has 0 spiro atoms. The van der Waals surface area contributed by atoms with Gasteiger partial charge in [-0.3, -0.25) is 14.9 Å². The molecule has 0 saturated carbocycles. The van der Waals surface area contributed by atoms with Crippen LogP contribution in [-0.2, 0) is 9.53 Å². The van der Waals surface area contributed by atoms with Gasteiger partial charge in [-0.15, -0.1) is 0 Å². The number of benzene rings is 1. The molecule has 2 rings (SSSR count). The van der Waals surface area contributed by atoms with Crippen LogP contribution < -0.4 is 4.74 Å². The second-order valence-corrected chi connectivity index (χ2v) is 7.69. The molecule has 2 aromatic rings. The summed E-state index contributed by atoms with van der Waals surface area (Å²) in [5.41, 5.74) is -1.18. The Hall–Kier alpha value is -2.87. The van der Waals surface area contributed by atoms with Crippen LogP contribution in [0.15, 0.2) is 48.8 Å². The molecule has 1 N–H and O–H groups in total. The van der Waals surface area contributed by atoms with Gasteiger partial charge in [-0.2, -0.15) is 0 Å². The Morgan fingerprint density at radius 1 is 1.13 bits per heavy atom. The molecule has 0 bridgehead atoms. The zero-order valence-electron chi connectivity index (χ0n) is 18.4. The van der Waals surface area contributed by atoms with Crippen LogP contribution in [0.5, 0.6) is 5.75 Å². The molecular weight excluding hydrogens is 400 g/mol. The van der Waals surface area contributed by atoms with E-state index < -0.39 is 28.6 Å². The summed E-state index contributed by atoms with van der Waals surface area (Å²) >= 11 is 0. The number of hydrogen-bond donors (Lipinski definition) is 1. The third-order valence-corrected chi connectivity index (χ3v) is 5.61. The molecule has 0 amide bonds. The number of unbranched alkanes of at least 4 members (excludes halogenated alkanes) is 2. The van der Waals surface area contributed by atoms with E-state index in [0.717, 1.165) is 25.7 Å². The summed E-state index contributed by atoms with van der Waals surface area (Å²) < 4.78 is 12.9. The van der Waals surface area contributed by atoms with E-state index in [9.17, 15) is 20.0 Å². The molecule has 8 nitrogen and oxygen atoms in total. The van der Waals surface area contributed by atoms with Gasteiger partial charge in [0.05, 0.1) is 17.4 Å². The summed E-state index contributed by atoms with van der Waals surface area (Å²) in [5, 5.41) is 22.5. The number of hydrogen-bond acceptors (Lipinski definition) is 6. The van der Waals surface area contributed by atoms with Gasteiger partial charge in [-0.25, -0.2) is 0 Å². The molecule has 1 aromatic carbocycles. The van der Waals surface area contributed by atoms with Crippen molar-refractivity contribution in [3.05, 3.63) is 58.9 Å². The van der Waals surface area contributed by atoms with Crippen LogP contribution in [0.3, 0.4) is 0 Å². The highest BCUT2D eigenvalue weighted by Gasteiger charge is 2.49. The number of nitrogens with zero attached hydrogens (tertiary/aromatic N) is 2. The van der Waals surface area contributed by atoms with Gasteiger partial charge in [0.25, 0.3) is 5.69 Å². The summed E-state index contributed by atoms with van der Waals surface area (Å²) in [6.45, 7) is 4.07. The zero-order valence-corrected chi connectivity index (χ0v) is 18.4. The molecule has 0 aliphatic heterocycles. The van der Waals surface area contributed by atoms with E-state index in [1.807, 2.05) is 13.8 Å². The first-order valence-electron chi connectivity index (χ1n) is 10.7. The predicted molar refractivity (Wildman–Crippen MR) is 117 cm³/mol. The number of methoxy groups -OCH3 is 1. The van der Waals surface area contributed by atoms with Crippen molar-refractivity contribution in [3.8, 4) is 5.75 Å². The highest BCUT2D eigenvalue weighted by molar-refractivity contribution is 5.77. The van der Waals surface area contributed by atoms with Crippen molar-refractivity contribution < 1.29 is 24.3 Å². The Kier molecular flexibility index (Phi) is 9.05. The number of rotatable bonds is 13. The van der Waals surface area contributed by atoms with E-state index in [-0.39, 0.29) is 5.69 Å². The van der Waals surface area contributed by atoms with Gasteiger partial charge in [0, 0.05) is 24.5 Å². The van der Waals surface area contributed by atoms with Crippen LogP contribution in [-0.4, -0.2) is 33.8 Å². The quantitative estimate of drug-likeness (QED) is 0.275. The SMILES string of the molecule is CCCCC(CCCC)(C(=O)OC)C(O)C(Oc1ccc([N+](=O)[O-])cc1)n1cccc1. The van der Waals surface area contributed by atoms with Crippen molar-refractivity contribution in [1.29, 1.82) is 0 Å². The number of carbonyl (C=O) groups is 1. The molecule has 170 valence electrons. The summed E-state index contributed by atoms with van der Waals surface area (Å²) in [7, 11) is 1.34. The maximum Gasteiger partial charge on any atom is 0.314 e. The number of aromatic nitrogens is 1. The first kappa shape index (κ1) is 24.4. The highest BCUT2D eigenvalue weighted by atomic mass is 16.6. The minimum absolute atomic E-state index is 0.0554. The van der Waals surface area contributed by atoms with Gasteiger partial charge in [0.2, 0.25) is 6.23 Å². The number of aliphatic hydroxyl groups excluding tert-OH is 1. The Morgan fingerprint density at radius 2 is 1.68 bits per heavy atom. The van der Waals surface area contributed by atoms with Crippen molar-refractivity contribution in [2.45, 2.75) is 64.7 Å². The van der Waals surface area contributed by atoms with Crippen molar-refractivity contribution in [1.82, 2.24) is 4.57 Å². The average molecular weight is 433 g/mol. The number of esters is 1. The van der Waals surface area contributed by atoms with E-state index in [0.29, 0.717) is 18.6 Å². The molecule has 0 aliphatic rings. The van der Waals surface area contributed by atoms with Crippen molar-refractivity contribution in [2.75, 3.05) is 7.11 Å². The van der Waals surface area contributed by atoms with Gasteiger partial charge < -0.3 is 19.1 Å². The van der Waals surface area contributed by atoms with E-state index in [1.54, 1.807) is 29.1 Å². The number of non-ortho nitro benzene ring substituents is 1. The summed E-state index contributed by atoms with van der Waals surface area (Å²) in [6, 6.07) is 9.26. The highest BCUT2D eigenvalue weighted by Crippen LogP contribution is 2.41. The molecule has 0 radical (unpaired) electrons. The predicted octanol–water partition coefficient (Wildman–Crippen LogP) is 4.87. The Morgan fingerprint density at radius 3 is 2.13 bits per heavy atom. The third-order valence-electron chi connectivity index (χ3n) is 5.61. The third kappa shape index (κ3) is 5.85. The standard InChI is InChI=1S/C23H32N2O6/c1-4-6-14-23(15-7-5-2,22(27)30-3)20(26)21(24-16-8-9-17-24)31-19-12-10-18(11-13-19)25(28)29/h8-13,16-17,20-21,26H,4-7,14-15H2,1-3H3. The van der Waals surface area contributed by atoms with Crippen LogP contribution in [0.1, 0.15) is 58.6 Å². The number of aliphatic hydroxyl groups is 1. The smallest absolute Gasteiger partial charge is 0.314 e. The molecule has 1 aromatic heterocycles. The minimum atomic E-state index is -1.19. The molecule has 1 heterocycles. The lowest BCUT2D eigenvalue weighted by Crippen LogP contribution is -2.49. The van der Waals surface area contributed by atoms with Crippen molar-refractivity contribution in [2.24, 2.45) is 5.41 Å². The lowest BCUT2D eigenvalue weighted by molar-refractivity contribution is -0.384. The Bertz CT molecular complexity index is 811. The van der Waals surface area contributed by atoms with Gasteiger partial charge >= 0.3 is 5.97 Å². The van der Waals surface area contributed by atoms with Gasteiger partial charge in [0.1, 0.15) is 11.9 Å². The fourth-order valence-electron chi connectivity index (χ4n) is 3.80. The topological polar surface area (TPSA) is 104 Å². The van der Waals surface area contributed by atoms with Crippen LogP contribution in [0, 0.1) is 15.5 Å². The van der Waals surface area contributed by atoms with Crippen molar-refractivity contribution >= 4 is 11.7 Å². The second-order valence-electron chi connectivity index (χ2n) is 7.69. The second kappa shape index (κ2) is 11.5. The molecule has 0 aliphatic carbocycles.